The number of carbonyl (C=O) groups excluding carboxylic acids is 1. The number of halogens is 2. The monoisotopic (exact) mass is 593 g/mol. The number of hydrogen-bond acceptors (Lipinski definition) is 8. The zero-order valence-electron chi connectivity index (χ0n) is 22.8. The van der Waals surface area contributed by atoms with Crippen LogP contribution in [0.3, 0.4) is 0 Å². The fourth-order valence-corrected chi connectivity index (χ4v) is 5.18. The van der Waals surface area contributed by atoms with Crippen molar-refractivity contribution in [2.24, 2.45) is 5.92 Å². The molecule has 9 nitrogen and oxygen atoms in total. The summed E-state index contributed by atoms with van der Waals surface area (Å²) in [6.07, 6.45) is 2.98. The van der Waals surface area contributed by atoms with Gasteiger partial charge in [0.15, 0.2) is 0 Å². The van der Waals surface area contributed by atoms with Crippen LogP contribution in [0, 0.1) is 12.8 Å². The van der Waals surface area contributed by atoms with Gasteiger partial charge >= 0.3 is 0 Å². The zero-order valence-corrected chi connectivity index (χ0v) is 24.3. The SMILES string of the molecule is C=CC(=O)Nc1cccc(C)c1Nc1cc2c(NCC3COC3)nc(-c3c(Cl)c(OC)cc(OC)c3Cl)cc2cn1. The summed E-state index contributed by atoms with van der Waals surface area (Å²) in [5.74, 6) is 2.11. The normalized spacial score (nSPS) is 12.9. The van der Waals surface area contributed by atoms with Gasteiger partial charge < -0.3 is 30.2 Å². The maximum absolute atomic E-state index is 12.0. The Morgan fingerprint density at radius 3 is 2.51 bits per heavy atom. The largest absolute Gasteiger partial charge is 0.495 e. The molecule has 0 bridgehead atoms. The number of aromatic nitrogens is 2. The van der Waals surface area contributed by atoms with Gasteiger partial charge in [0, 0.05) is 41.1 Å². The van der Waals surface area contributed by atoms with Gasteiger partial charge in [-0.15, -0.1) is 0 Å². The fourth-order valence-electron chi connectivity index (χ4n) is 4.48. The predicted molar refractivity (Wildman–Crippen MR) is 164 cm³/mol. The lowest BCUT2D eigenvalue weighted by Gasteiger charge is -2.26. The van der Waals surface area contributed by atoms with Crippen LogP contribution in [0.15, 0.2) is 55.3 Å². The maximum Gasteiger partial charge on any atom is 0.247 e. The van der Waals surface area contributed by atoms with Crippen LogP contribution in [-0.4, -0.2) is 49.9 Å². The van der Waals surface area contributed by atoms with Crippen molar-refractivity contribution >= 4 is 62.9 Å². The minimum absolute atomic E-state index is 0.306. The molecule has 0 unspecified atom stereocenters. The van der Waals surface area contributed by atoms with Crippen molar-refractivity contribution in [2.45, 2.75) is 6.92 Å². The van der Waals surface area contributed by atoms with E-state index in [1.54, 1.807) is 12.3 Å². The number of anilines is 4. The molecule has 3 N–H and O–H groups in total. The van der Waals surface area contributed by atoms with E-state index in [0.717, 1.165) is 22.0 Å². The highest BCUT2D eigenvalue weighted by atomic mass is 35.5. The Morgan fingerprint density at radius 2 is 1.88 bits per heavy atom. The van der Waals surface area contributed by atoms with Crippen molar-refractivity contribution in [2.75, 3.05) is 49.9 Å². The first kappa shape index (κ1) is 28.5. The fraction of sp³-hybridized carbons (Fsp3) is 0.233. The summed E-state index contributed by atoms with van der Waals surface area (Å²) in [6.45, 7) is 7.54. The molecule has 4 aromatic rings. The third-order valence-electron chi connectivity index (χ3n) is 6.78. The van der Waals surface area contributed by atoms with Crippen molar-refractivity contribution in [3.8, 4) is 22.8 Å². The van der Waals surface area contributed by atoms with Gasteiger partial charge in [-0.25, -0.2) is 9.97 Å². The van der Waals surface area contributed by atoms with Crippen molar-refractivity contribution in [3.63, 3.8) is 0 Å². The van der Waals surface area contributed by atoms with Crippen molar-refractivity contribution in [1.29, 1.82) is 0 Å². The Kier molecular flexibility index (Phi) is 8.49. The molecular weight excluding hydrogens is 565 g/mol. The quantitative estimate of drug-likeness (QED) is 0.171. The van der Waals surface area contributed by atoms with Crippen LogP contribution in [0.1, 0.15) is 5.56 Å². The number of benzene rings is 2. The predicted octanol–water partition coefficient (Wildman–Crippen LogP) is 6.86. The second-order valence-electron chi connectivity index (χ2n) is 9.53. The molecule has 1 saturated heterocycles. The van der Waals surface area contributed by atoms with Gasteiger partial charge in [0.1, 0.15) is 23.1 Å². The molecule has 2 aromatic heterocycles. The van der Waals surface area contributed by atoms with E-state index in [4.69, 9.17) is 42.4 Å². The number of amides is 1. The highest BCUT2D eigenvalue weighted by molar-refractivity contribution is 6.41. The van der Waals surface area contributed by atoms with Gasteiger partial charge in [-0.3, -0.25) is 4.79 Å². The number of ether oxygens (including phenoxy) is 3. The molecular formula is C30H29Cl2N5O4. The number of carbonyl (C=O) groups is 1. The number of rotatable bonds is 10. The van der Waals surface area contributed by atoms with Crippen molar-refractivity contribution < 1.29 is 19.0 Å². The van der Waals surface area contributed by atoms with E-state index in [1.807, 2.05) is 37.3 Å². The number of pyridine rings is 2. The number of fused-ring (bicyclic) bond motifs is 1. The lowest BCUT2D eigenvalue weighted by atomic mass is 10.1. The number of methoxy groups -OCH3 is 2. The summed E-state index contributed by atoms with van der Waals surface area (Å²) in [7, 11) is 3.06. The molecule has 11 heteroatoms. The second kappa shape index (κ2) is 12.2. The van der Waals surface area contributed by atoms with Crippen LogP contribution in [0.4, 0.5) is 23.0 Å². The van der Waals surface area contributed by atoms with Crippen LogP contribution in [0.25, 0.3) is 22.0 Å². The Bertz CT molecular complexity index is 1610. The van der Waals surface area contributed by atoms with E-state index in [9.17, 15) is 4.79 Å². The maximum atomic E-state index is 12.0. The number of hydrogen-bond donors (Lipinski definition) is 3. The molecule has 1 amide bonds. The lowest BCUT2D eigenvalue weighted by molar-refractivity contribution is -0.111. The molecule has 5 rings (SSSR count). The van der Waals surface area contributed by atoms with E-state index >= 15 is 0 Å². The summed E-state index contributed by atoms with van der Waals surface area (Å²) in [5.41, 5.74) is 3.30. The van der Waals surface area contributed by atoms with Crippen LogP contribution >= 0.6 is 23.2 Å². The summed E-state index contributed by atoms with van der Waals surface area (Å²) >= 11 is 13.5. The first-order valence-corrected chi connectivity index (χ1v) is 13.6. The number of nitrogens with one attached hydrogen (secondary N) is 3. The summed E-state index contributed by atoms with van der Waals surface area (Å²) in [4.78, 5) is 21.6. The minimum Gasteiger partial charge on any atom is -0.495 e. The standard InChI is InChI=1S/C30H29Cl2N5O4/c1-5-25(38)35-20-8-6-7-16(2)29(20)37-24-10-19-18(13-33-24)9-21(36-30(19)34-12-17-14-41-15-17)26-27(31)22(39-3)11-23(40-4)28(26)32/h5-11,13,17H,1,12,14-15H2,2-4H3,(H,33,37)(H,34,36)(H,35,38). The van der Waals surface area contributed by atoms with Gasteiger partial charge in [0.2, 0.25) is 5.91 Å². The molecule has 3 heterocycles. The number of nitrogens with zero attached hydrogens (tertiary/aromatic N) is 2. The molecule has 1 fully saturated rings. The highest BCUT2D eigenvalue weighted by Gasteiger charge is 2.23. The minimum atomic E-state index is -0.306. The number of aryl methyl sites for hydroxylation is 1. The molecule has 0 atom stereocenters. The molecule has 212 valence electrons. The van der Waals surface area contributed by atoms with Crippen molar-refractivity contribution in [1.82, 2.24) is 9.97 Å². The average molecular weight is 594 g/mol. The van der Waals surface area contributed by atoms with Crippen molar-refractivity contribution in [3.05, 3.63) is 70.9 Å². The molecule has 0 saturated carbocycles. The van der Waals surface area contributed by atoms with E-state index in [1.165, 1.54) is 20.3 Å². The second-order valence-corrected chi connectivity index (χ2v) is 10.3. The molecule has 0 spiro atoms. The smallest absolute Gasteiger partial charge is 0.247 e. The Balaban J connectivity index is 1.61. The summed E-state index contributed by atoms with van der Waals surface area (Å²) < 4.78 is 16.3. The molecule has 2 aromatic carbocycles. The van der Waals surface area contributed by atoms with Crippen LogP contribution in [0.5, 0.6) is 11.5 Å². The molecule has 0 aliphatic carbocycles. The third kappa shape index (κ3) is 5.88. The zero-order chi connectivity index (χ0) is 29.1. The summed E-state index contributed by atoms with van der Waals surface area (Å²) in [6, 6.07) is 11.1. The summed E-state index contributed by atoms with van der Waals surface area (Å²) in [5, 5.41) is 12.0. The molecule has 1 aliphatic heterocycles. The van der Waals surface area contributed by atoms with E-state index < -0.39 is 0 Å². The van der Waals surface area contributed by atoms with E-state index in [0.29, 0.717) is 75.8 Å². The van der Waals surface area contributed by atoms with Crippen LogP contribution < -0.4 is 25.4 Å². The topological polar surface area (TPSA) is 107 Å². The average Bonchev–Trinajstić information content (AvgIpc) is 2.94. The van der Waals surface area contributed by atoms with Gasteiger partial charge in [0.05, 0.1) is 54.5 Å². The lowest BCUT2D eigenvalue weighted by Crippen LogP contribution is -2.33. The van der Waals surface area contributed by atoms with Crippen LogP contribution in [0.2, 0.25) is 10.0 Å². The molecule has 1 aliphatic rings. The van der Waals surface area contributed by atoms with Crippen LogP contribution in [-0.2, 0) is 9.53 Å². The van der Waals surface area contributed by atoms with E-state index in [2.05, 4.69) is 27.5 Å². The third-order valence-corrected chi connectivity index (χ3v) is 7.53. The van der Waals surface area contributed by atoms with E-state index in [-0.39, 0.29) is 5.91 Å². The Morgan fingerprint density at radius 1 is 1.15 bits per heavy atom. The highest BCUT2D eigenvalue weighted by Crippen LogP contribution is 2.46. The molecule has 41 heavy (non-hydrogen) atoms. The first-order valence-electron chi connectivity index (χ1n) is 12.9. The van der Waals surface area contributed by atoms with Gasteiger partial charge in [-0.2, -0.15) is 0 Å². The van der Waals surface area contributed by atoms with Gasteiger partial charge in [-0.05, 0) is 36.8 Å². The first-order chi connectivity index (χ1) is 19.8. The Hall–Kier alpha value is -4.05. The van der Waals surface area contributed by atoms with Gasteiger partial charge in [-0.1, -0.05) is 41.9 Å². The van der Waals surface area contributed by atoms with Gasteiger partial charge in [0.25, 0.3) is 0 Å². The Labute approximate surface area is 247 Å². The molecule has 0 radical (unpaired) electrons. The number of para-hydroxylation sites is 1.